The first-order valence-corrected chi connectivity index (χ1v) is 9.03. The van der Waals surface area contributed by atoms with Gasteiger partial charge in [0.25, 0.3) is 5.91 Å². The minimum atomic E-state index is -0.640. The van der Waals surface area contributed by atoms with Crippen molar-refractivity contribution in [3.8, 4) is 5.69 Å². The van der Waals surface area contributed by atoms with Gasteiger partial charge < -0.3 is 5.32 Å². The van der Waals surface area contributed by atoms with E-state index in [4.69, 9.17) is 0 Å². The van der Waals surface area contributed by atoms with E-state index in [0.29, 0.717) is 11.4 Å². The smallest absolute Gasteiger partial charge is 0.280 e. The highest BCUT2D eigenvalue weighted by Gasteiger charge is 2.17. The molecule has 3 rings (SSSR count). The van der Waals surface area contributed by atoms with Crippen LogP contribution < -0.4 is 10.7 Å². The highest BCUT2D eigenvalue weighted by molar-refractivity contribution is 7.98. The fourth-order valence-corrected chi connectivity index (χ4v) is 2.92. The molecule has 0 saturated carbocycles. The molecular formula is C19H16FN3O2S. The molecule has 0 aliphatic rings. The molecule has 0 spiro atoms. The first kappa shape index (κ1) is 17.9. The van der Waals surface area contributed by atoms with Gasteiger partial charge >= 0.3 is 0 Å². The van der Waals surface area contributed by atoms with Crippen molar-refractivity contribution in [3.05, 3.63) is 82.0 Å². The van der Waals surface area contributed by atoms with Crippen molar-refractivity contribution in [1.82, 2.24) is 9.78 Å². The molecule has 132 valence electrons. The summed E-state index contributed by atoms with van der Waals surface area (Å²) in [5.74, 6) is -1.14. The summed E-state index contributed by atoms with van der Waals surface area (Å²) in [6, 6.07) is 14.6. The minimum absolute atomic E-state index is 0.170. The monoisotopic (exact) mass is 369 g/mol. The van der Waals surface area contributed by atoms with Crippen LogP contribution in [0.5, 0.6) is 0 Å². The Morgan fingerprint density at radius 1 is 1.15 bits per heavy atom. The number of anilines is 1. The van der Waals surface area contributed by atoms with E-state index in [1.54, 1.807) is 31.2 Å². The maximum Gasteiger partial charge on any atom is 0.280 e. The molecule has 26 heavy (non-hydrogen) atoms. The van der Waals surface area contributed by atoms with Crippen molar-refractivity contribution >= 4 is 23.4 Å². The second-order valence-corrected chi connectivity index (χ2v) is 6.43. The zero-order valence-corrected chi connectivity index (χ0v) is 15.0. The van der Waals surface area contributed by atoms with Gasteiger partial charge in [-0.3, -0.25) is 9.59 Å². The van der Waals surface area contributed by atoms with Gasteiger partial charge in [-0.05, 0) is 43.5 Å². The van der Waals surface area contributed by atoms with E-state index in [0.717, 1.165) is 4.90 Å². The number of nitrogens with one attached hydrogen (secondary N) is 1. The van der Waals surface area contributed by atoms with Crippen molar-refractivity contribution in [2.45, 2.75) is 11.8 Å². The number of para-hydroxylation sites is 1. The van der Waals surface area contributed by atoms with Crippen molar-refractivity contribution < 1.29 is 9.18 Å². The topological polar surface area (TPSA) is 64.0 Å². The van der Waals surface area contributed by atoms with Gasteiger partial charge in [0.1, 0.15) is 11.5 Å². The summed E-state index contributed by atoms with van der Waals surface area (Å²) >= 11 is 1.54. The molecular weight excluding hydrogens is 353 g/mol. The number of benzene rings is 2. The van der Waals surface area contributed by atoms with Crippen molar-refractivity contribution in [3.63, 3.8) is 0 Å². The average Bonchev–Trinajstić information content (AvgIpc) is 2.63. The SMILES string of the molecule is CSc1cccc(NC(=O)c2nn(-c3ccccc3F)c(C)cc2=O)c1. The summed E-state index contributed by atoms with van der Waals surface area (Å²) in [5.41, 5.74) is 0.340. The molecule has 1 amide bonds. The molecule has 5 nitrogen and oxygen atoms in total. The fraction of sp³-hybridized carbons (Fsp3) is 0.105. The minimum Gasteiger partial charge on any atom is -0.320 e. The largest absolute Gasteiger partial charge is 0.320 e. The van der Waals surface area contributed by atoms with Crippen molar-refractivity contribution in [2.75, 3.05) is 11.6 Å². The van der Waals surface area contributed by atoms with E-state index in [9.17, 15) is 14.0 Å². The quantitative estimate of drug-likeness (QED) is 0.713. The molecule has 0 aliphatic carbocycles. The molecule has 0 radical (unpaired) electrons. The highest BCUT2D eigenvalue weighted by atomic mass is 32.2. The van der Waals surface area contributed by atoms with Crippen LogP contribution in [-0.4, -0.2) is 21.9 Å². The number of aryl methyl sites for hydroxylation is 1. The Morgan fingerprint density at radius 2 is 1.92 bits per heavy atom. The summed E-state index contributed by atoms with van der Waals surface area (Å²) in [6.07, 6.45) is 1.93. The summed E-state index contributed by atoms with van der Waals surface area (Å²) in [4.78, 5) is 25.7. The number of nitrogens with zero attached hydrogens (tertiary/aromatic N) is 2. The summed E-state index contributed by atoms with van der Waals surface area (Å²) < 4.78 is 15.3. The van der Waals surface area contributed by atoms with Crippen LogP contribution in [0.3, 0.4) is 0 Å². The van der Waals surface area contributed by atoms with Crippen molar-refractivity contribution in [1.29, 1.82) is 0 Å². The van der Waals surface area contributed by atoms with Crippen LogP contribution in [0.2, 0.25) is 0 Å². The van der Waals surface area contributed by atoms with E-state index in [1.807, 2.05) is 18.4 Å². The van der Waals surface area contributed by atoms with Crippen LogP contribution in [0, 0.1) is 12.7 Å². The van der Waals surface area contributed by atoms with E-state index < -0.39 is 17.2 Å². The van der Waals surface area contributed by atoms with Gasteiger partial charge in [0.05, 0.1) is 0 Å². The lowest BCUT2D eigenvalue weighted by atomic mass is 10.2. The molecule has 0 fully saturated rings. The number of hydrogen-bond acceptors (Lipinski definition) is 4. The Labute approximate surface area is 153 Å². The molecule has 7 heteroatoms. The number of halogens is 1. The Hall–Kier alpha value is -2.93. The van der Waals surface area contributed by atoms with Gasteiger partial charge in [-0.2, -0.15) is 5.10 Å². The molecule has 3 aromatic rings. The molecule has 1 aromatic heterocycles. The molecule has 2 aromatic carbocycles. The number of thioether (sulfide) groups is 1. The van der Waals surface area contributed by atoms with Crippen LogP contribution in [0.4, 0.5) is 10.1 Å². The molecule has 0 bridgehead atoms. The van der Waals surface area contributed by atoms with E-state index in [1.165, 1.54) is 34.6 Å². The normalized spacial score (nSPS) is 10.6. The highest BCUT2D eigenvalue weighted by Crippen LogP contribution is 2.19. The van der Waals surface area contributed by atoms with Crippen LogP contribution >= 0.6 is 11.8 Å². The summed E-state index contributed by atoms with van der Waals surface area (Å²) in [5, 5.41) is 6.75. The lowest BCUT2D eigenvalue weighted by Crippen LogP contribution is -2.27. The number of aromatic nitrogens is 2. The maximum atomic E-state index is 14.1. The van der Waals surface area contributed by atoms with Crippen LogP contribution in [0.1, 0.15) is 16.2 Å². The average molecular weight is 369 g/mol. The zero-order valence-electron chi connectivity index (χ0n) is 14.2. The standard InChI is InChI=1S/C19H16FN3O2S/c1-12-10-17(24)18(22-23(12)16-9-4-3-8-15(16)20)19(25)21-13-6-5-7-14(11-13)26-2/h3-11H,1-2H3,(H,21,25). The zero-order chi connectivity index (χ0) is 18.7. The maximum absolute atomic E-state index is 14.1. The molecule has 0 saturated heterocycles. The van der Waals surface area contributed by atoms with E-state index in [-0.39, 0.29) is 11.4 Å². The summed E-state index contributed by atoms with van der Waals surface area (Å²) in [6.45, 7) is 1.63. The number of hydrogen-bond donors (Lipinski definition) is 1. The second-order valence-electron chi connectivity index (χ2n) is 5.55. The summed E-state index contributed by atoms with van der Waals surface area (Å²) in [7, 11) is 0. The predicted molar refractivity (Wildman–Crippen MR) is 101 cm³/mol. The molecule has 1 heterocycles. The van der Waals surface area contributed by atoms with E-state index in [2.05, 4.69) is 10.4 Å². The Kier molecular flexibility index (Phi) is 5.18. The number of carbonyl (C=O) groups excluding carboxylic acids is 1. The van der Waals surface area contributed by atoms with Gasteiger partial charge in [0, 0.05) is 22.3 Å². The van der Waals surface area contributed by atoms with Gasteiger partial charge in [-0.1, -0.05) is 18.2 Å². The third-order valence-electron chi connectivity index (χ3n) is 3.73. The van der Waals surface area contributed by atoms with Crippen LogP contribution in [0.15, 0.2) is 64.3 Å². The Balaban J connectivity index is 1.99. The van der Waals surface area contributed by atoms with E-state index >= 15 is 0 Å². The third-order valence-corrected chi connectivity index (χ3v) is 4.46. The molecule has 0 aliphatic heterocycles. The first-order chi connectivity index (χ1) is 12.5. The van der Waals surface area contributed by atoms with Gasteiger partial charge in [-0.25, -0.2) is 9.07 Å². The van der Waals surface area contributed by atoms with Crippen molar-refractivity contribution in [2.24, 2.45) is 0 Å². The van der Waals surface area contributed by atoms with Crippen LogP contribution in [0.25, 0.3) is 5.69 Å². The molecule has 1 N–H and O–H groups in total. The van der Waals surface area contributed by atoms with Gasteiger partial charge in [0.2, 0.25) is 5.43 Å². The Morgan fingerprint density at radius 3 is 2.65 bits per heavy atom. The fourth-order valence-electron chi connectivity index (χ4n) is 2.46. The first-order valence-electron chi connectivity index (χ1n) is 7.81. The second kappa shape index (κ2) is 7.53. The number of carbonyl (C=O) groups is 1. The molecule has 0 atom stereocenters. The lowest BCUT2D eigenvalue weighted by molar-refractivity contribution is 0.101. The third kappa shape index (κ3) is 3.67. The number of amides is 1. The predicted octanol–water partition coefficient (Wildman–Crippen LogP) is 3.65. The number of rotatable bonds is 4. The Bertz CT molecular complexity index is 1030. The van der Waals surface area contributed by atoms with Crippen LogP contribution in [-0.2, 0) is 0 Å². The van der Waals surface area contributed by atoms with Gasteiger partial charge in [0.15, 0.2) is 5.69 Å². The van der Waals surface area contributed by atoms with Gasteiger partial charge in [-0.15, -0.1) is 11.8 Å². The lowest BCUT2D eigenvalue weighted by Gasteiger charge is -2.12. The molecule has 0 unspecified atom stereocenters.